The van der Waals surface area contributed by atoms with Crippen LogP contribution in [0.5, 0.6) is 0 Å². The molecule has 0 spiro atoms. The minimum Gasteiger partial charge on any atom is -0.392 e. The third-order valence-electron chi connectivity index (χ3n) is 8.94. The number of thioether (sulfide) groups is 1. The first-order valence-electron chi connectivity index (χ1n) is 17.2. The number of aryl methyl sites for hydroxylation is 1. The van der Waals surface area contributed by atoms with Gasteiger partial charge in [0.15, 0.2) is 10.6 Å². The first-order valence-corrected chi connectivity index (χ1v) is 20.5. The molecule has 4 atom stereocenters. The largest absolute Gasteiger partial charge is 0.392 e. The molecule has 7 rings (SSSR count). The summed E-state index contributed by atoms with van der Waals surface area (Å²) in [7, 11) is -4.01. The Hall–Kier alpha value is -4.40. The number of carbonyl (C=O) groups excluding carboxylic acids is 1. The number of amides is 1. The molecule has 53 heavy (non-hydrogen) atoms. The molecule has 9 nitrogen and oxygen atoms in total. The molecule has 3 N–H and O–H groups in total. The molecule has 0 bridgehead atoms. The number of nitrogens with zero attached hydrogens (tertiary/aromatic N) is 1. The number of aromatic nitrogens is 1. The van der Waals surface area contributed by atoms with Gasteiger partial charge in [0.1, 0.15) is 6.04 Å². The van der Waals surface area contributed by atoms with Crippen LogP contribution >= 0.6 is 23.1 Å². The highest BCUT2D eigenvalue weighted by Gasteiger charge is 2.33. The normalized spacial score (nSPS) is 18.1. The van der Waals surface area contributed by atoms with Gasteiger partial charge >= 0.3 is 0 Å². The average molecular weight is 766 g/mol. The van der Waals surface area contributed by atoms with Crippen LogP contribution in [0.15, 0.2) is 137 Å². The Bertz CT molecular complexity index is 2230. The molecule has 0 radical (unpaired) electrons. The highest BCUT2D eigenvalue weighted by Crippen LogP contribution is 2.40. The average Bonchev–Trinajstić information content (AvgIpc) is 3.61. The zero-order chi connectivity index (χ0) is 36.8. The van der Waals surface area contributed by atoms with Crippen molar-refractivity contribution < 1.29 is 27.8 Å². The number of thiazole rings is 1. The Labute approximate surface area is 317 Å². The van der Waals surface area contributed by atoms with E-state index >= 15 is 0 Å². The van der Waals surface area contributed by atoms with Crippen molar-refractivity contribution in [2.45, 2.75) is 60.1 Å². The number of aliphatic hydroxyl groups is 1. The van der Waals surface area contributed by atoms with Gasteiger partial charge in [0.05, 0.1) is 33.9 Å². The third-order valence-corrected chi connectivity index (χ3v) is 12.7. The summed E-state index contributed by atoms with van der Waals surface area (Å²) in [6.45, 7) is 1.84. The topological polar surface area (TPSA) is 127 Å². The maximum absolute atomic E-state index is 13.9. The summed E-state index contributed by atoms with van der Waals surface area (Å²) in [5.41, 5.74) is 5.68. The van der Waals surface area contributed by atoms with E-state index in [1.54, 1.807) is 47.4 Å². The number of benzene rings is 5. The second-order valence-corrected chi connectivity index (χ2v) is 16.9. The molecule has 1 fully saturated rings. The standard InChI is InChI=1S/C41H39N3O6S3/c1-27-14-20-34(21-15-27)53(47,48)44-36(22-28-8-3-2-4-9-28)39(46)42-32-11-7-10-31(23-32)40-49-33(24-37(50-40)30-18-16-29(25-45)17-19-30)26-51-41-43-35-12-5-6-13-38(35)52-41/h2-21,23,33,36-37,40,44-45H,22,24-26H2,1H3,(H,42,46)/t33-,36+,37+,40+/m0/s1. The number of aliphatic hydroxyl groups excluding tert-OH is 1. The molecule has 1 aromatic heterocycles. The van der Waals surface area contributed by atoms with E-state index in [-0.39, 0.29) is 30.1 Å². The monoisotopic (exact) mass is 765 g/mol. The number of nitrogens with one attached hydrogen (secondary N) is 2. The number of sulfonamides is 1. The van der Waals surface area contributed by atoms with Crippen LogP contribution in [-0.2, 0) is 37.3 Å². The second kappa shape index (κ2) is 16.7. The van der Waals surface area contributed by atoms with Gasteiger partial charge in [0.25, 0.3) is 0 Å². The summed E-state index contributed by atoms with van der Waals surface area (Å²) in [4.78, 5) is 18.7. The summed E-state index contributed by atoms with van der Waals surface area (Å²) >= 11 is 3.31. The van der Waals surface area contributed by atoms with Gasteiger partial charge in [-0.3, -0.25) is 4.79 Å². The van der Waals surface area contributed by atoms with Crippen LogP contribution in [-0.4, -0.2) is 42.3 Å². The Balaban J connectivity index is 1.10. The summed E-state index contributed by atoms with van der Waals surface area (Å²) in [5, 5.41) is 12.5. The van der Waals surface area contributed by atoms with E-state index in [1.165, 1.54) is 12.1 Å². The smallest absolute Gasteiger partial charge is 0.242 e. The van der Waals surface area contributed by atoms with Crippen molar-refractivity contribution in [1.82, 2.24) is 9.71 Å². The SMILES string of the molecule is Cc1ccc(S(=O)(=O)N[C@H](Cc2ccccc2)C(=O)Nc2cccc([C@@H]3O[C@H](CSc4nc5ccccc5s4)C[C@H](c4ccc(CO)cc4)O3)c2)cc1. The molecule has 0 aliphatic carbocycles. The quantitative estimate of drug-likeness (QED) is 0.101. The Morgan fingerprint density at radius 1 is 0.887 bits per heavy atom. The fourth-order valence-corrected chi connectivity index (χ4v) is 9.41. The van der Waals surface area contributed by atoms with E-state index in [1.807, 2.05) is 91.9 Å². The first kappa shape index (κ1) is 36.9. The van der Waals surface area contributed by atoms with Gasteiger partial charge in [0, 0.05) is 23.4 Å². The van der Waals surface area contributed by atoms with Crippen LogP contribution in [0, 0.1) is 6.92 Å². The minimum atomic E-state index is -4.01. The molecule has 1 saturated heterocycles. The number of fused-ring (bicyclic) bond motifs is 1. The lowest BCUT2D eigenvalue weighted by atomic mass is 10.0. The van der Waals surface area contributed by atoms with Gasteiger partial charge in [-0.1, -0.05) is 108 Å². The van der Waals surface area contributed by atoms with Crippen LogP contribution in [0.1, 0.15) is 46.6 Å². The van der Waals surface area contributed by atoms with Crippen molar-refractivity contribution in [1.29, 1.82) is 0 Å². The van der Waals surface area contributed by atoms with Crippen molar-refractivity contribution in [3.05, 3.63) is 155 Å². The molecule has 272 valence electrons. The summed E-state index contributed by atoms with van der Waals surface area (Å²) in [6, 6.07) is 37.8. The summed E-state index contributed by atoms with van der Waals surface area (Å²) in [5.74, 6) is 0.156. The summed E-state index contributed by atoms with van der Waals surface area (Å²) in [6.07, 6.45) is -0.447. The predicted molar refractivity (Wildman–Crippen MR) is 209 cm³/mol. The molecule has 5 aromatic carbocycles. The molecular formula is C41H39N3O6S3. The third kappa shape index (κ3) is 9.40. The zero-order valence-electron chi connectivity index (χ0n) is 28.9. The molecule has 12 heteroatoms. The molecule has 1 aliphatic heterocycles. The Morgan fingerprint density at radius 2 is 1.64 bits per heavy atom. The molecule has 1 amide bonds. The van der Waals surface area contributed by atoms with Crippen molar-refractivity contribution in [3.8, 4) is 0 Å². The number of carbonyl (C=O) groups is 1. The Morgan fingerprint density at radius 3 is 2.40 bits per heavy atom. The van der Waals surface area contributed by atoms with Crippen LogP contribution in [0.3, 0.4) is 0 Å². The van der Waals surface area contributed by atoms with Gasteiger partial charge < -0.3 is 19.9 Å². The lowest BCUT2D eigenvalue weighted by molar-refractivity contribution is -0.245. The highest BCUT2D eigenvalue weighted by atomic mass is 32.2. The van der Waals surface area contributed by atoms with E-state index in [9.17, 15) is 18.3 Å². The first-order chi connectivity index (χ1) is 25.7. The van der Waals surface area contributed by atoms with Crippen LogP contribution in [0.25, 0.3) is 10.2 Å². The molecule has 6 aromatic rings. The van der Waals surface area contributed by atoms with Crippen molar-refractivity contribution in [3.63, 3.8) is 0 Å². The molecule has 0 unspecified atom stereocenters. The van der Waals surface area contributed by atoms with Gasteiger partial charge in [0.2, 0.25) is 15.9 Å². The maximum Gasteiger partial charge on any atom is 0.242 e. The Kier molecular flexibility index (Phi) is 11.7. The van der Waals surface area contributed by atoms with Crippen LogP contribution < -0.4 is 10.0 Å². The maximum atomic E-state index is 13.9. The predicted octanol–water partition coefficient (Wildman–Crippen LogP) is 7.96. The van der Waals surface area contributed by atoms with Gasteiger partial charge in [-0.05, 0) is 66.4 Å². The number of para-hydroxylation sites is 1. The van der Waals surface area contributed by atoms with Gasteiger partial charge in [-0.15, -0.1) is 11.3 Å². The van der Waals surface area contributed by atoms with E-state index in [2.05, 4.69) is 16.1 Å². The number of anilines is 1. The molecular weight excluding hydrogens is 727 g/mol. The van der Waals surface area contributed by atoms with E-state index in [4.69, 9.17) is 14.5 Å². The van der Waals surface area contributed by atoms with E-state index in [0.29, 0.717) is 23.4 Å². The van der Waals surface area contributed by atoms with Gasteiger partial charge in [-0.25, -0.2) is 13.4 Å². The summed E-state index contributed by atoms with van der Waals surface area (Å²) < 4.78 is 44.7. The lowest BCUT2D eigenvalue weighted by Crippen LogP contribution is -2.45. The number of ether oxygens (including phenoxy) is 2. The van der Waals surface area contributed by atoms with E-state index in [0.717, 1.165) is 36.8 Å². The van der Waals surface area contributed by atoms with E-state index < -0.39 is 28.3 Å². The number of rotatable bonds is 13. The second-order valence-electron chi connectivity index (χ2n) is 12.9. The van der Waals surface area contributed by atoms with Crippen LogP contribution in [0.2, 0.25) is 0 Å². The fourth-order valence-electron chi connectivity index (χ4n) is 6.10. The lowest BCUT2D eigenvalue weighted by Gasteiger charge is -2.36. The van der Waals surface area contributed by atoms with Crippen molar-refractivity contribution in [2.75, 3.05) is 11.1 Å². The zero-order valence-corrected chi connectivity index (χ0v) is 31.4. The van der Waals surface area contributed by atoms with Crippen LogP contribution in [0.4, 0.5) is 5.69 Å². The molecule has 2 heterocycles. The minimum absolute atomic E-state index is 0.0446. The highest BCUT2D eigenvalue weighted by molar-refractivity contribution is 8.01. The molecule has 1 aliphatic rings. The number of hydrogen-bond donors (Lipinski definition) is 3. The molecule has 0 saturated carbocycles. The van der Waals surface area contributed by atoms with Crippen molar-refractivity contribution in [2.24, 2.45) is 0 Å². The number of hydrogen-bond acceptors (Lipinski definition) is 9. The van der Waals surface area contributed by atoms with Gasteiger partial charge in [-0.2, -0.15) is 4.72 Å². The van der Waals surface area contributed by atoms with Crippen molar-refractivity contribution >= 4 is 54.9 Å². The fraction of sp³-hybridized carbons (Fsp3) is 0.220.